The highest BCUT2D eigenvalue weighted by Gasteiger charge is 2.31. The average Bonchev–Trinajstić information content (AvgIpc) is 3.32. The van der Waals surface area contributed by atoms with Crippen LogP contribution in [0.1, 0.15) is 24.1 Å². The van der Waals surface area contributed by atoms with Crippen LogP contribution in [0.3, 0.4) is 0 Å². The van der Waals surface area contributed by atoms with Crippen molar-refractivity contribution in [3.63, 3.8) is 0 Å². The molecule has 0 aliphatic carbocycles. The first kappa shape index (κ1) is 25.7. The van der Waals surface area contributed by atoms with Crippen molar-refractivity contribution in [3.8, 4) is 17.2 Å². The van der Waals surface area contributed by atoms with Gasteiger partial charge in [0.15, 0.2) is 18.1 Å². The lowest BCUT2D eigenvalue weighted by Gasteiger charge is -2.20. The Kier molecular flexibility index (Phi) is 7.61. The standard InChI is InChI=1S/C26H27ClN2O6S/c1-17(19-8-10-24(33-2)25(14-19)34-3)28-26(30)16-35-23-11-9-20(15-21(23)27)36(31,32)29-13-12-18-6-4-5-7-22(18)29/h4-11,14-15,17H,12-13,16H2,1-3H3,(H,28,30)/t17-/m1/s1. The van der Waals surface area contributed by atoms with Crippen molar-refractivity contribution in [2.45, 2.75) is 24.3 Å². The lowest BCUT2D eigenvalue weighted by Crippen LogP contribution is -2.31. The molecule has 0 fully saturated rings. The zero-order valence-corrected chi connectivity index (χ0v) is 21.7. The van der Waals surface area contributed by atoms with E-state index in [0.29, 0.717) is 30.2 Å². The Morgan fingerprint density at radius 1 is 1.03 bits per heavy atom. The van der Waals surface area contributed by atoms with E-state index >= 15 is 0 Å². The molecule has 4 rings (SSSR count). The van der Waals surface area contributed by atoms with Crippen LogP contribution in [-0.4, -0.2) is 41.7 Å². The lowest BCUT2D eigenvalue weighted by atomic mass is 10.1. The molecule has 1 N–H and O–H groups in total. The number of benzene rings is 3. The van der Waals surface area contributed by atoms with Crippen molar-refractivity contribution in [1.82, 2.24) is 5.32 Å². The van der Waals surface area contributed by atoms with Gasteiger partial charge in [-0.25, -0.2) is 8.42 Å². The molecule has 0 unspecified atom stereocenters. The summed E-state index contributed by atoms with van der Waals surface area (Å²) in [5.74, 6) is 1.01. The van der Waals surface area contributed by atoms with Crippen molar-refractivity contribution in [1.29, 1.82) is 0 Å². The Bertz CT molecular complexity index is 1380. The number of hydrogen-bond acceptors (Lipinski definition) is 6. The summed E-state index contributed by atoms with van der Waals surface area (Å²) < 4.78 is 43.9. The largest absolute Gasteiger partial charge is 0.493 e. The van der Waals surface area contributed by atoms with Gasteiger partial charge in [0.05, 0.1) is 35.9 Å². The van der Waals surface area contributed by atoms with E-state index in [-0.39, 0.29) is 34.2 Å². The summed E-state index contributed by atoms with van der Waals surface area (Å²) in [4.78, 5) is 12.5. The van der Waals surface area contributed by atoms with E-state index in [0.717, 1.165) is 11.1 Å². The molecule has 8 nitrogen and oxygen atoms in total. The van der Waals surface area contributed by atoms with Crippen LogP contribution in [0, 0.1) is 0 Å². The number of ether oxygens (including phenoxy) is 3. The molecule has 3 aromatic rings. The Hall–Kier alpha value is -3.43. The van der Waals surface area contributed by atoms with Gasteiger partial charge in [-0.05, 0) is 60.9 Å². The molecular formula is C26H27ClN2O6S. The summed E-state index contributed by atoms with van der Waals surface area (Å²) in [7, 11) is -0.686. The van der Waals surface area contributed by atoms with E-state index in [1.807, 2.05) is 31.2 Å². The van der Waals surface area contributed by atoms with E-state index in [9.17, 15) is 13.2 Å². The van der Waals surface area contributed by atoms with Crippen molar-refractivity contribution in [3.05, 3.63) is 76.8 Å². The maximum atomic E-state index is 13.2. The molecule has 1 aliphatic heterocycles. The van der Waals surface area contributed by atoms with Gasteiger partial charge in [-0.3, -0.25) is 9.10 Å². The highest BCUT2D eigenvalue weighted by Crippen LogP contribution is 2.35. The van der Waals surface area contributed by atoms with Gasteiger partial charge >= 0.3 is 0 Å². The maximum Gasteiger partial charge on any atom is 0.264 e. The van der Waals surface area contributed by atoms with Crippen molar-refractivity contribution in [2.24, 2.45) is 0 Å². The van der Waals surface area contributed by atoms with Gasteiger partial charge in [-0.2, -0.15) is 0 Å². The Morgan fingerprint density at radius 3 is 2.47 bits per heavy atom. The molecule has 1 heterocycles. The fraction of sp³-hybridized carbons (Fsp3) is 0.269. The molecular weight excluding hydrogens is 504 g/mol. The van der Waals surface area contributed by atoms with E-state index in [1.54, 1.807) is 32.4 Å². The van der Waals surface area contributed by atoms with Crippen LogP contribution < -0.4 is 23.8 Å². The second-order valence-corrected chi connectivity index (χ2v) is 10.5. The third-order valence-corrected chi connectivity index (χ3v) is 8.08. The van der Waals surface area contributed by atoms with Crippen LogP contribution in [-0.2, 0) is 21.2 Å². The molecule has 0 saturated heterocycles. The smallest absolute Gasteiger partial charge is 0.264 e. The number of nitrogens with one attached hydrogen (secondary N) is 1. The third kappa shape index (κ3) is 5.22. The minimum Gasteiger partial charge on any atom is -0.493 e. The first-order chi connectivity index (χ1) is 17.2. The average molecular weight is 531 g/mol. The predicted octanol–water partition coefficient (Wildman–Crippen LogP) is 4.36. The van der Waals surface area contributed by atoms with Crippen LogP contribution >= 0.6 is 11.6 Å². The highest BCUT2D eigenvalue weighted by atomic mass is 35.5. The van der Waals surface area contributed by atoms with Crippen molar-refractivity contribution in [2.75, 3.05) is 31.7 Å². The third-order valence-electron chi connectivity index (χ3n) is 5.98. The van der Waals surface area contributed by atoms with E-state index in [4.69, 9.17) is 25.8 Å². The zero-order chi connectivity index (χ0) is 25.9. The molecule has 0 spiro atoms. The first-order valence-electron chi connectivity index (χ1n) is 11.3. The summed E-state index contributed by atoms with van der Waals surface area (Å²) in [6.45, 7) is 1.92. The number of amides is 1. The Balaban J connectivity index is 1.39. The number of rotatable bonds is 9. The molecule has 190 valence electrons. The minimum absolute atomic E-state index is 0.0584. The Morgan fingerprint density at radius 2 is 1.75 bits per heavy atom. The number of sulfonamides is 1. The van der Waals surface area contributed by atoms with Gasteiger partial charge in [-0.1, -0.05) is 35.9 Å². The molecule has 0 saturated carbocycles. The number of halogens is 1. The topological polar surface area (TPSA) is 94.2 Å². The van der Waals surface area contributed by atoms with Crippen LogP contribution in [0.4, 0.5) is 5.69 Å². The van der Waals surface area contributed by atoms with Crippen LogP contribution in [0.25, 0.3) is 0 Å². The molecule has 1 aliphatic rings. The van der Waals surface area contributed by atoms with Crippen LogP contribution in [0.15, 0.2) is 65.6 Å². The normalized spacial score (nSPS) is 13.6. The quantitative estimate of drug-likeness (QED) is 0.441. The van der Waals surface area contributed by atoms with Gasteiger partial charge in [0.2, 0.25) is 0 Å². The molecule has 1 amide bonds. The number of hydrogen-bond donors (Lipinski definition) is 1. The zero-order valence-electron chi connectivity index (χ0n) is 20.2. The maximum absolute atomic E-state index is 13.2. The van der Waals surface area contributed by atoms with Crippen molar-refractivity contribution >= 4 is 33.2 Å². The van der Waals surface area contributed by atoms with Crippen molar-refractivity contribution < 1.29 is 27.4 Å². The van der Waals surface area contributed by atoms with E-state index in [2.05, 4.69) is 5.32 Å². The van der Waals surface area contributed by atoms with E-state index in [1.165, 1.54) is 22.5 Å². The summed E-state index contributed by atoms with van der Waals surface area (Å²) in [5, 5.41) is 2.95. The summed E-state index contributed by atoms with van der Waals surface area (Å²) in [5.41, 5.74) is 2.49. The van der Waals surface area contributed by atoms with Crippen LogP contribution in [0.5, 0.6) is 17.2 Å². The van der Waals surface area contributed by atoms with Gasteiger partial charge in [-0.15, -0.1) is 0 Å². The highest BCUT2D eigenvalue weighted by molar-refractivity contribution is 7.92. The molecule has 3 aromatic carbocycles. The Labute approximate surface area is 215 Å². The van der Waals surface area contributed by atoms with Gasteiger partial charge in [0.25, 0.3) is 15.9 Å². The summed E-state index contributed by atoms with van der Waals surface area (Å²) in [6.07, 6.45) is 0.654. The van der Waals surface area contributed by atoms with Gasteiger partial charge < -0.3 is 19.5 Å². The minimum atomic E-state index is -3.79. The molecule has 1 atom stereocenters. The molecule has 0 radical (unpaired) electrons. The summed E-state index contributed by atoms with van der Waals surface area (Å²) >= 11 is 6.32. The monoisotopic (exact) mass is 530 g/mol. The second kappa shape index (κ2) is 10.7. The summed E-state index contributed by atoms with van der Waals surface area (Å²) in [6, 6.07) is 16.7. The first-order valence-corrected chi connectivity index (χ1v) is 13.1. The number of fused-ring (bicyclic) bond motifs is 1. The number of nitrogens with zero attached hydrogens (tertiary/aromatic N) is 1. The molecule has 36 heavy (non-hydrogen) atoms. The van der Waals surface area contributed by atoms with Crippen LogP contribution in [0.2, 0.25) is 5.02 Å². The fourth-order valence-corrected chi connectivity index (χ4v) is 5.91. The van der Waals surface area contributed by atoms with E-state index < -0.39 is 10.0 Å². The van der Waals surface area contributed by atoms with Gasteiger partial charge in [0, 0.05) is 6.54 Å². The number of anilines is 1. The molecule has 10 heteroatoms. The number of carbonyl (C=O) groups is 1. The SMILES string of the molecule is COc1ccc([C@@H](C)NC(=O)COc2ccc(S(=O)(=O)N3CCc4ccccc43)cc2Cl)cc1OC. The fourth-order valence-electron chi connectivity index (χ4n) is 4.08. The lowest BCUT2D eigenvalue weighted by molar-refractivity contribution is -0.123. The predicted molar refractivity (Wildman–Crippen MR) is 138 cm³/mol. The number of carbonyl (C=O) groups excluding carboxylic acids is 1. The van der Waals surface area contributed by atoms with Gasteiger partial charge in [0.1, 0.15) is 5.75 Å². The number of para-hydroxylation sites is 1. The molecule has 0 aromatic heterocycles. The second-order valence-electron chi connectivity index (χ2n) is 8.24. The molecule has 0 bridgehead atoms. The number of methoxy groups -OCH3 is 2.